The van der Waals surface area contributed by atoms with Gasteiger partial charge in [-0.05, 0) is 29.8 Å². The first kappa shape index (κ1) is 17.7. The van der Waals surface area contributed by atoms with Crippen LogP contribution in [0.5, 0.6) is 0 Å². The molecule has 0 bridgehead atoms. The van der Waals surface area contributed by atoms with E-state index in [4.69, 9.17) is 0 Å². The second kappa shape index (κ2) is 7.88. The number of fused-ring (bicyclic) bond motifs is 1. The number of nitrogens with one attached hydrogen (secondary N) is 1. The summed E-state index contributed by atoms with van der Waals surface area (Å²) in [5.41, 5.74) is 3.20. The molecule has 0 saturated heterocycles. The highest BCUT2D eigenvalue weighted by Gasteiger charge is 2.12. The fraction of sp³-hybridized carbons (Fsp3) is 0.0870. The van der Waals surface area contributed by atoms with Gasteiger partial charge in [-0.3, -0.25) is 9.78 Å². The Morgan fingerprint density at radius 2 is 1.75 bits per heavy atom. The number of nitrogens with zero attached hydrogens (tertiary/aromatic N) is 3. The quantitative estimate of drug-likeness (QED) is 0.563. The molecule has 0 aliphatic heterocycles. The molecular formula is C23H20N4O. The van der Waals surface area contributed by atoms with Crippen LogP contribution in [0.15, 0.2) is 85.2 Å². The predicted molar refractivity (Wildman–Crippen MR) is 112 cm³/mol. The second-order valence-corrected chi connectivity index (χ2v) is 6.58. The van der Waals surface area contributed by atoms with Crippen LogP contribution in [0.4, 0.5) is 11.5 Å². The van der Waals surface area contributed by atoms with E-state index in [-0.39, 0.29) is 5.91 Å². The van der Waals surface area contributed by atoms with E-state index in [0.717, 1.165) is 16.7 Å². The second-order valence-electron chi connectivity index (χ2n) is 6.58. The van der Waals surface area contributed by atoms with E-state index < -0.39 is 0 Å². The molecule has 0 saturated carbocycles. The Balaban J connectivity index is 1.54. The van der Waals surface area contributed by atoms with Crippen molar-refractivity contribution >= 4 is 28.3 Å². The average molecular weight is 368 g/mol. The van der Waals surface area contributed by atoms with Gasteiger partial charge in [0.25, 0.3) is 5.91 Å². The van der Waals surface area contributed by atoms with Crippen molar-refractivity contribution in [2.75, 3.05) is 17.3 Å². The van der Waals surface area contributed by atoms with Crippen molar-refractivity contribution < 1.29 is 4.79 Å². The Labute approximate surface area is 163 Å². The van der Waals surface area contributed by atoms with Crippen molar-refractivity contribution in [1.82, 2.24) is 9.97 Å². The van der Waals surface area contributed by atoms with Gasteiger partial charge in [-0.2, -0.15) is 0 Å². The lowest BCUT2D eigenvalue weighted by atomic mass is 10.1. The smallest absolute Gasteiger partial charge is 0.255 e. The molecule has 4 aromatic rings. The summed E-state index contributed by atoms with van der Waals surface area (Å²) in [6.07, 6.45) is 3.38. The van der Waals surface area contributed by atoms with Gasteiger partial charge in [0.15, 0.2) is 0 Å². The number of carbonyl (C=O) groups excluding carboxylic acids is 1. The largest absolute Gasteiger partial charge is 0.355 e. The van der Waals surface area contributed by atoms with Crippen molar-refractivity contribution in [3.63, 3.8) is 0 Å². The summed E-state index contributed by atoms with van der Waals surface area (Å²) < 4.78 is 0. The molecule has 4 rings (SSSR count). The Hall–Kier alpha value is -3.73. The van der Waals surface area contributed by atoms with Crippen LogP contribution in [0.1, 0.15) is 15.9 Å². The van der Waals surface area contributed by atoms with E-state index in [0.29, 0.717) is 17.8 Å². The lowest BCUT2D eigenvalue weighted by molar-refractivity contribution is 0.102. The van der Waals surface area contributed by atoms with Gasteiger partial charge in [-0.25, -0.2) is 4.98 Å². The number of amides is 1. The molecule has 0 spiro atoms. The van der Waals surface area contributed by atoms with E-state index >= 15 is 0 Å². The number of aromatic nitrogens is 2. The van der Waals surface area contributed by atoms with Crippen LogP contribution in [0.3, 0.4) is 0 Å². The van der Waals surface area contributed by atoms with Gasteiger partial charge in [0.1, 0.15) is 5.82 Å². The van der Waals surface area contributed by atoms with Crippen LogP contribution in [-0.4, -0.2) is 22.9 Å². The molecule has 5 nitrogen and oxygen atoms in total. The maximum absolute atomic E-state index is 12.8. The Morgan fingerprint density at radius 1 is 0.929 bits per heavy atom. The Bertz CT molecular complexity index is 1110. The lowest BCUT2D eigenvalue weighted by Gasteiger charge is -2.19. The summed E-state index contributed by atoms with van der Waals surface area (Å²) in [5.74, 6) is 0.558. The first-order chi connectivity index (χ1) is 13.7. The summed E-state index contributed by atoms with van der Waals surface area (Å²) in [7, 11) is 1.96. The molecule has 2 heterocycles. The van der Waals surface area contributed by atoms with Crippen molar-refractivity contribution in [2.24, 2.45) is 0 Å². The summed E-state index contributed by atoms with van der Waals surface area (Å²) in [6.45, 7) is 0.714. The predicted octanol–water partition coefficient (Wildman–Crippen LogP) is 4.52. The monoisotopic (exact) mass is 368 g/mol. The third-order valence-corrected chi connectivity index (χ3v) is 4.54. The zero-order valence-corrected chi connectivity index (χ0v) is 15.5. The number of hydrogen-bond donors (Lipinski definition) is 1. The van der Waals surface area contributed by atoms with E-state index in [1.165, 1.54) is 5.56 Å². The van der Waals surface area contributed by atoms with Gasteiger partial charge < -0.3 is 10.2 Å². The maximum atomic E-state index is 12.8. The number of pyridine rings is 2. The molecule has 2 aromatic heterocycles. The highest BCUT2D eigenvalue weighted by atomic mass is 16.1. The molecule has 0 aliphatic rings. The Kier molecular flexibility index (Phi) is 4.97. The highest BCUT2D eigenvalue weighted by Crippen LogP contribution is 2.22. The molecule has 0 unspecified atom stereocenters. The zero-order chi connectivity index (χ0) is 19.3. The molecular weight excluding hydrogens is 348 g/mol. The number of hydrogen-bond acceptors (Lipinski definition) is 4. The first-order valence-corrected chi connectivity index (χ1v) is 9.07. The molecule has 2 aromatic carbocycles. The van der Waals surface area contributed by atoms with Gasteiger partial charge in [0.05, 0.1) is 11.2 Å². The van der Waals surface area contributed by atoms with Gasteiger partial charge in [0.2, 0.25) is 0 Å². The average Bonchev–Trinajstić information content (AvgIpc) is 2.75. The van der Waals surface area contributed by atoms with Crippen LogP contribution >= 0.6 is 0 Å². The van der Waals surface area contributed by atoms with E-state index in [1.54, 1.807) is 24.5 Å². The fourth-order valence-corrected chi connectivity index (χ4v) is 3.11. The van der Waals surface area contributed by atoms with Gasteiger partial charge in [-0.15, -0.1) is 0 Å². The number of anilines is 2. The summed E-state index contributed by atoms with van der Waals surface area (Å²) >= 11 is 0. The number of para-hydroxylation sites is 1. The maximum Gasteiger partial charge on any atom is 0.255 e. The molecule has 5 heteroatoms. The summed E-state index contributed by atoms with van der Waals surface area (Å²) in [5, 5.41) is 3.95. The van der Waals surface area contributed by atoms with E-state index in [2.05, 4.69) is 27.4 Å². The number of rotatable bonds is 5. The highest BCUT2D eigenvalue weighted by molar-refractivity contribution is 6.08. The topological polar surface area (TPSA) is 58.1 Å². The lowest BCUT2D eigenvalue weighted by Crippen LogP contribution is -2.19. The van der Waals surface area contributed by atoms with Crippen LogP contribution in [0, 0.1) is 0 Å². The number of carbonyl (C=O) groups is 1. The fourth-order valence-electron chi connectivity index (χ4n) is 3.11. The molecule has 0 fully saturated rings. The van der Waals surface area contributed by atoms with Gasteiger partial charge >= 0.3 is 0 Å². The van der Waals surface area contributed by atoms with Crippen molar-refractivity contribution in [1.29, 1.82) is 0 Å². The molecule has 0 radical (unpaired) electrons. The molecule has 28 heavy (non-hydrogen) atoms. The Morgan fingerprint density at radius 3 is 2.61 bits per heavy atom. The zero-order valence-electron chi connectivity index (χ0n) is 15.5. The van der Waals surface area contributed by atoms with Crippen molar-refractivity contribution in [3.05, 3.63) is 96.3 Å². The van der Waals surface area contributed by atoms with Crippen molar-refractivity contribution in [3.8, 4) is 0 Å². The van der Waals surface area contributed by atoms with Gasteiger partial charge in [-0.1, -0.05) is 48.5 Å². The molecule has 138 valence electrons. The summed E-state index contributed by atoms with van der Waals surface area (Å²) in [6, 6.07) is 23.3. The number of benzene rings is 2. The van der Waals surface area contributed by atoms with E-state index in [9.17, 15) is 4.79 Å². The van der Waals surface area contributed by atoms with Crippen LogP contribution in [0.2, 0.25) is 0 Å². The van der Waals surface area contributed by atoms with Crippen LogP contribution < -0.4 is 10.2 Å². The minimum Gasteiger partial charge on any atom is -0.355 e. The van der Waals surface area contributed by atoms with Gasteiger partial charge in [0, 0.05) is 36.9 Å². The normalized spacial score (nSPS) is 10.6. The SMILES string of the molecule is CN(Cc1ccccc1)c1cc(C(=O)Nc2cccc3cccnc23)ccn1. The van der Waals surface area contributed by atoms with Crippen LogP contribution in [-0.2, 0) is 6.54 Å². The minimum atomic E-state index is -0.185. The van der Waals surface area contributed by atoms with Crippen molar-refractivity contribution in [2.45, 2.75) is 6.54 Å². The minimum absolute atomic E-state index is 0.185. The molecule has 0 aliphatic carbocycles. The molecule has 1 N–H and O–H groups in total. The molecule has 0 atom stereocenters. The third kappa shape index (κ3) is 3.83. The standard InChI is InChI=1S/C23H20N4O/c1-27(16-17-7-3-2-4-8-17)21-15-19(12-14-24-21)23(28)26-20-11-5-9-18-10-6-13-25-22(18)20/h2-15H,16H2,1H3,(H,26,28). The molecule has 1 amide bonds. The summed E-state index contributed by atoms with van der Waals surface area (Å²) in [4.78, 5) is 23.6. The third-order valence-electron chi connectivity index (χ3n) is 4.54. The van der Waals surface area contributed by atoms with Crippen LogP contribution in [0.25, 0.3) is 10.9 Å². The first-order valence-electron chi connectivity index (χ1n) is 9.07. The van der Waals surface area contributed by atoms with E-state index in [1.807, 2.05) is 60.5 Å².